The van der Waals surface area contributed by atoms with E-state index in [2.05, 4.69) is 9.71 Å². The molecule has 0 atom stereocenters. The molecule has 4 rings (SSSR count). The van der Waals surface area contributed by atoms with Crippen molar-refractivity contribution in [3.63, 3.8) is 0 Å². The number of pyridine rings is 1. The summed E-state index contributed by atoms with van der Waals surface area (Å²) in [6.07, 6.45) is 1.47. The number of fused-ring (bicyclic) bond motifs is 1. The lowest BCUT2D eigenvalue weighted by atomic mass is 9.99. The Bertz CT molecular complexity index is 1420. The first-order valence-corrected chi connectivity index (χ1v) is 11.1. The Hall–Kier alpha value is -3.76. The monoisotopic (exact) mass is 470 g/mol. The molecule has 0 amide bonds. The molecule has 2 aromatic carbocycles. The van der Waals surface area contributed by atoms with Crippen molar-refractivity contribution in [2.75, 3.05) is 0 Å². The van der Waals surface area contributed by atoms with Gasteiger partial charge in [-0.1, -0.05) is 24.3 Å². The molecule has 10 heteroatoms. The molecular formula is C23H16F2N2O5S. The number of aromatic nitrogens is 1. The van der Waals surface area contributed by atoms with Crippen LogP contribution in [0, 0.1) is 11.6 Å². The summed E-state index contributed by atoms with van der Waals surface area (Å²) in [6.45, 7) is -0.203. The fourth-order valence-electron chi connectivity index (χ4n) is 3.56. The third-order valence-corrected chi connectivity index (χ3v) is 6.57. The lowest BCUT2D eigenvalue weighted by molar-refractivity contribution is -0.132. The first-order chi connectivity index (χ1) is 15.7. The van der Waals surface area contributed by atoms with Gasteiger partial charge >= 0.3 is 5.97 Å². The van der Waals surface area contributed by atoms with Crippen molar-refractivity contribution in [2.24, 2.45) is 0 Å². The maximum atomic E-state index is 14.0. The average Bonchev–Trinajstić information content (AvgIpc) is 3.08. The van der Waals surface area contributed by atoms with Crippen molar-refractivity contribution in [3.8, 4) is 0 Å². The number of hydrogen-bond acceptors (Lipinski definition) is 5. The van der Waals surface area contributed by atoms with Gasteiger partial charge in [-0.05, 0) is 35.4 Å². The summed E-state index contributed by atoms with van der Waals surface area (Å²) < 4.78 is 55.4. The second-order valence-electron chi connectivity index (χ2n) is 7.28. The van der Waals surface area contributed by atoms with Gasteiger partial charge in [0.1, 0.15) is 22.1 Å². The molecule has 0 unspecified atom stereocenters. The third-order valence-electron chi connectivity index (χ3n) is 5.09. The molecule has 0 fully saturated rings. The molecule has 168 valence electrons. The second kappa shape index (κ2) is 8.64. The van der Waals surface area contributed by atoms with Gasteiger partial charge in [0.2, 0.25) is 15.8 Å². The number of nitrogens with zero attached hydrogens (tertiary/aromatic N) is 1. The third kappa shape index (κ3) is 4.43. The number of benzene rings is 2. The van der Waals surface area contributed by atoms with E-state index >= 15 is 0 Å². The van der Waals surface area contributed by atoms with Crippen molar-refractivity contribution >= 4 is 26.7 Å². The molecule has 0 saturated heterocycles. The van der Waals surface area contributed by atoms with E-state index in [1.807, 2.05) is 0 Å². The number of nitrogens with one attached hydrogen (secondary N) is 1. The highest BCUT2D eigenvalue weighted by molar-refractivity contribution is 7.99. The predicted molar refractivity (Wildman–Crippen MR) is 114 cm³/mol. The molecule has 0 saturated carbocycles. The minimum Gasteiger partial charge on any atom is -0.478 e. The standard InChI is InChI=1S/C23H16F2N2O5S/c24-15-6-5-14(19(25)11-15)9-13-4-7-17-18(10-13)21(28)20(23(29)30)22(17)33(31,32)27-12-16-3-1-2-8-26-16/h1-8,10-11,27H,9,12H2,(H,29,30). The first-order valence-electron chi connectivity index (χ1n) is 9.66. The Kier molecular flexibility index (Phi) is 5.88. The van der Waals surface area contributed by atoms with Crippen LogP contribution < -0.4 is 4.72 Å². The minimum absolute atomic E-state index is 0.00487. The van der Waals surface area contributed by atoms with E-state index in [0.717, 1.165) is 12.1 Å². The summed E-state index contributed by atoms with van der Waals surface area (Å²) in [5.41, 5.74) is -0.0567. The molecular weight excluding hydrogens is 454 g/mol. The number of aliphatic carboxylic acids is 1. The zero-order valence-corrected chi connectivity index (χ0v) is 17.7. The number of carboxylic acids is 1. The molecule has 0 aliphatic heterocycles. The summed E-state index contributed by atoms with van der Waals surface area (Å²) in [4.78, 5) is 28.0. The van der Waals surface area contributed by atoms with Gasteiger partial charge in [0.05, 0.1) is 12.2 Å². The Morgan fingerprint density at radius 3 is 2.48 bits per heavy atom. The van der Waals surface area contributed by atoms with Crippen LogP contribution in [0.25, 0.3) is 4.91 Å². The van der Waals surface area contributed by atoms with E-state index in [0.29, 0.717) is 11.3 Å². The highest BCUT2D eigenvalue weighted by Gasteiger charge is 2.40. The van der Waals surface area contributed by atoms with Crippen LogP contribution in [0.2, 0.25) is 0 Å². The molecule has 7 nitrogen and oxygen atoms in total. The highest BCUT2D eigenvalue weighted by Crippen LogP contribution is 2.37. The molecule has 2 N–H and O–H groups in total. The highest BCUT2D eigenvalue weighted by atomic mass is 32.2. The minimum atomic E-state index is -4.40. The Morgan fingerprint density at radius 2 is 1.82 bits per heavy atom. The number of rotatable bonds is 7. The van der Waals surface area contributed by atoms with Gasteiger partial charge in [0.15, 0.2) is 0 Å². The van der Waals surface area contributed by atoms with Crippen LogP contribution in [0.5, 0.6) is 0 Å². The van der Waals surface area contributed by atoms with Crippen LogP contribution in [-0.2, 0) is 27.8 Å². The lowest BCUT2D eigenvalue weighted by Gasteiger charge is -2.10. The molecule has 1 aliphatic rings. The summed E-state index contributed by atoms with van der Waals surface area (Å²) in [5, 5.41) is 9.57. The molecule has 0 spiro atoms. The van der Waals surface area contributed by atoms with Crippen molar-refractivity contribution in [1.29, 1.82) is 0 Å². The van der Waals surface area contributed by atoms with Crippen LogP contribution in [0.15, 0.2) is 66.4 Å². The smallest absolute Gasteiger partial charge is 0.341 e. The van der Waals surface area contributed by atoms with E-state index < -0.39 is 43.9 Å². The number of halogens is 2. The van der Waals surface area contributed by atoms with Gasteiger partial charge in [-0.2, -0.15) is 0 Å². The number of Topliss-reactive ketones (excluding diaryl/α,β-unsaturated/α-hetero) is 1. The summed E-state index contributed by atoms with van der Waals surface area (Å²) in [6, 6.07) is 12.1. The van der Waals surface area contributed by atoms with E-state index in [-0.39, 0.29) is 29.7 Å². The van der Waals surface area contributed by atoms with Crippen LogP contribution >= 0.6 is 0 Å². The first kappa shape index (κ1) is 22.4. The largest absolute Gasteiger partial charge is 0.478 e. The van der Waals surface area contributed by atoms with Crippen molar-refractivity contribution in [2.45, 2.75) is 13.0 Å². The fourth-order valence-corrected chi connectivity index (χ4v) is 4.96. The Morgan fingerprint density at radius 1 is 1.03 bits per heavy atom. The van der Waals surface area contributed by atoms with Gasteiger partial charge in [-0.25, -0.2) is 26.7 Å². The molecule has 33 heavy (non-hydrogen) atoms. The average molecular weight is 470 g/mol. The summed E-state index contributed by atoms with van der Waals surface area (Å²) >= 11 is 0. The molecule has 1 aromatic heterocycles. The van der Waals surface area contributed by atoms with Crippen molar-refractivity contribution in [3.05, 3.63) is 106 Å². The Balaban J connectivity index is 1.69. The quantitative estimate of drug-likeness (QED) is 0.513. The van der Waals surface area contributed by atoms with Crippen LogP contribution in [-0.4, -0.2) is 30.3 Å². The Labute approximate surface area is 187 Å². The van der Waals surface area contributed by atoms with Gasteiger partial charge in [-0.3, -0.25) is 9.78 Å². The van der Waals surface area contributed by atoms with E-state index in [1.54, 1.807) is 18.2 Å². The molecule has 0 bridgehead atoms. The summed E-state index contributed by atoms with van der Waals surface area (Å²) in [5.74, 6) is -4.14. The normalized spacial score (nSPS) is 13.3. The molecule has 3 aromatic rings. The number of ketones is 1. The van der Waals surface area contributed by atoms with Gasteiger partial charge in [0.25, 0.3) is 0 Å². The number of hydrogen-bond donors (Lipinski definition) is 2. The zero-order chi connectivity index (χ0) is 23.8. The van der Waals surface area contributed by atoms with Gasteiger partial charge in [0, 0.05) is 29.8 Å². The maximum Gasteiger partial charge on any atom is 0.341 e. The molecule has 1 heterocycles. The van der Waals surface area contributed by atoms with Crippen molar-refractivity contribution < 1.29 is 31.9 Å². The predicted octanol–water partition coefficient (Wildman–Crippen LogP) is 3.06. The zero-order valence-electron chi connectivity index (χ0n) is 16.9. The van der Waals surface area contributed by atoms with Crippen LogP contribution in [0.4, 0.5) is 8.78 Å². The molecule has 1 aliphatic carbocycles. The van der Waals surface area contributed by atoms with Crippen LogP contribution in [0.1, 0.15) is 32.7 Å². The second-order valence-corrected chi connectivity index (χ2v) is 8.98. The maximum absolute atomic E-state index is 14.0. The number of carboxylic acid groups (broad SMARTS) is 1. The molecule has 0 radical (unpaired) electrons. The lowest BCUT2D eigenvalue weighted by Crippen LogP contribution is -2.25. The fraction of sp³-hybridized carbons (Fsp3) is 0.0870. The SMILES string of the molecule is O=C(O)C1=C(S(=O)(=O)NCc2ccccn2)c2ccc(Cc3ccc(F)cc3F)cc2C1=O. The van der Waals surface area contributed by atoms with Crippen molar-refractivity contribution in [1.82, 2.24) is 9.71 Å². The number of carbonyl (C=O) groups is 2. The topological polar surface area (TPSA) is 113 Å². The number of sulfonamides is 1. The van der Waals surface area contributed by atoms with Crippen LogP contribution in [0.3, 0.4) is 0 Å². The van der Waals surface area contributed by atoms with E-state index in [9.17, 15) is 31.9 Å². The van der Waals surface area contributed by atoms with E-state index in [1.165, 1.54) is 30.5 Å². The van der Waals surface area contributed by atoms with Gasteiger partial charge < -0.3 is 5.11 Å². The van der Waals surface area contributed by atoms with E-state index in [4.69, 9.17) is 0 Å². The summed E-state index contributed by atoms with van der Waals surface area (Å²) in [7, 11) is -4.40. The van der Waals surface area contributed by atoms with Gasteiger partial charge in [-0.15, -0.1) is 0 Å². The number of carbonyl (C=O) groups excluding carboxylic acids is 1.